The van der Waals surface area contributed by atoms with Crippen LogP contribution in [0.1, 0.15) is 23.6 Å². The van der Waals surface area contributed by atoms with Crippen LogP contribution in [0.2, 0.25) is 0 Å². The van der Waals surface area contributed by atoms with Crippen LogP contribution in [-0.2, 0) is 24.8 Å². The van der Waals surface area contributed by atoms with Gasteiger partial charge in [0.1, 0.15) is 12.3 Å². The molecule has 0 bridgehead atoms. The lowest BCUT2D eigenvalue weighted by molar-refractivity contribution is -0.114. The smallest absolute Gasteiger partial charge is 0.264 e. The first-order chi connectivity index (χ1) is 19.9. The third-order valence-corrected chi connectivity index (χ3v) is 9.56. The van der Waals surface area contributed by atoms with Crippen molar-refractivity contribution in [2.45, 2.75) is 37.5 Å². The summed E-state index contributed by atoms with van der Waals surface area (Å²) in [6.45, 7) is 7.13. The standard InChI is InChI=1S/C31H33N3O6S2/c1-5-40-30-9-7-6-8-29(30)34(42(38,39)27-15-10-22(2)11-16-27)21-31(35)32-25-13-17-26(18-14-25)41(36,37)33-28-19-12-23(3)20-24(28)4/h6-20,33H,5,21H2,1-4H3,(H,32,35). The lowest BCUT2D eigenvalue weighted by Crippen LogP contribution is -2.38. The van der Waals surface area contributed by atoms with Gasteiger partial charge in [-0.25, -0.2) is 16.8 Å². The Balaban J connectivity index is 1.57. The third-order valence-electron chi connectivity index (χ3n) is 6.40. The van der Waals surface area contributed by atoms with Crippen molar-refractivity contribution in [3.05, 3.63) is 108 Å². The summed E-state index contributed by atoms with van der Waals surface area (Å²) in [5.41, 5.74) is 3.69. The molecule has 220 valence electrons. The zero-order valence-electron chi connectivity index (χ0n) is 23.8. The Hall–Kier alpha value is -4.35. The minimum atomic E-state index is -4.16. The van der Waals surface area contributed by atoms with Crippen LogP contribution in [0.25, 0.3) is 0 Å². The maximum absolute atomic E-state index is 13.8. The monoisotopic (exact) mass is 607 g/mol. The van der Waals surface area contributed by atoms with Gasteiger partial charge in [0.05, 0.1) is 27.8 Å². The first kappa shape index (κ1) is 30.6. The van der Waals surface area contributed by atoms with Crippen LogP contribution in [0, 0.1) is 20.8 Å². The minimum Gasteiger partial charge on any atom is -0.492 e. The Labute approximate surface area is 247 Å². The molecule has 0 spiro atoms. The fourth-order valence-electron chi connectivity index (χ4n) is 4.26. The van der Waals surface area contributed by atoms with Gasteiger partial charge in [-0.1, -0.05) is 47.5 Å². The second kappa shape index (κ2) is 12.7. The first-order valence-corrected chi connectivity index (χ1v) is 16.1. The number of rotatable bonds is 11. The van der Waals surface area contributed by atoms with E-state index in [4.69, 9.17) is 4.74 Å². The Kier molecular flexibility index (Phi) is 9.23. The van der Waals surface area contributed by atoms with Gasteiger partial charge < -0.3 is 10.1 Å². The molecule has 4 aromatic carbocycles. The molecule has 0 radical (unpaired) electrons. The molecule has 11 heteroatoms. The summed E-state index contributed by atoms with van der Waals surface area (Å²) in [6.07, 6.45) is 0. The summed E-state index contributed by atoms with van der Waals surface area (Å²) in [5.74, 6) is -0.310. The van der Waals surface area contributed by atoms with Crippen molar-refractivity contribution in [2.75, 3.05) is 27.5 Å². The van der Waals surface area contributed by atoms with E-state index in [0.29, 0.717) is 23.7 Å². The highest BCUT2D eigenvalue weighted by atomic mass is 32.2. The van der Waals surface area contributed by atoms with Crippen LogP contribution < -0.4 is 19.1 Å². The Morgan fingerprint density at radius 3 is 2.05 bits per heavy atom. The maximum Gasteiger partial charge on any atom is 0.264 e. The number of ether oxygens (including phenoxy) is 1. The Morgan fingerprint density at radius 2 is 1.40 bits per heavy atom. The average molecular weight is 608 g/mol. The van der Waals surface area contributed by atoms with E-state index in [1.165, 1.54) is 36.4 Å². The van der Waals surface area contributed by atoms with Crippen molar-refractivity contribution in [1.29, 1.82) is 0 Å². The molecule has 4 aromatic rings. The van der Waals surface area contributed by atoms with Gasteiger partial charge >= 0.3 is 0 Å². The molecule has 0 aliphatic carbocycles. The second-order valence-corrected chi connectivity index (χ2v) is 13.3. The van der Waals surface area contributed by atoms with Crippen LogP contribution in [-0.4, -0.2) is 35.9 Å². The molecule has 0 aromatic heterocycles. The summed E-state index contributed by atoms with van der Waals surface area (Å²) in [7, 11) is -8.03. The van der Waals surface area contributed by atoms with Crippen LogP contribution in [0.15, 0.2) is 101 Å². The van der Waals surface area contributed by atoms with E-state index >= 15 is 0 Å². The van der Waals surface area contributed by atoms with Gasteiger partial charge in [-0.05, 0) is 87.9 Å². The molecule has 0 fully saturated rings. The SMILES string of the molecule is CCOc1ccccc1N(CC(=O)Nc1ccc(S(=O)(=O)Nc2ccc(C)cc2C)cc1)S(=O)(=O)c1ccc(C)cc1. The molecule has 0 saturated carbocycles. The number of nitrogens with zero attached hydrogens (tertiary/aromatic N) is 1. The number of amides is 1. The molecule has 0 aliphatic rings. The van der Waals surface area contributed by atoms with E-state index in [2.05, 4.69) is 10.0 Å². The number of benzene rings is 4. The predicted molar refractivity (Wildman–Crippen MR) is 165 cm³/mol. The first-order valence-electron chi connectivity index (χ1n) is 13.2. The summed E-state index contributed by atoms with van der Waals surface area (Å²) in [5, 5.41) is 2.67. The van der Waals surface area contributed by atoms with Gasteiger partial charge in [0.25, 0.3) is 20.0 Å². The number of aryl methyl sites for hydroxylation is 3. The third kappa shape index (κ3) is 7.10. The van der Waals surface area contributed by atoms with Gasteiger partial charge in [-0.3, -0.25) is 13.8 Å². The van der Waals surface area contributed by atoms with E-state index in [1.54, 1.807) is 49.4 Å². The molecule has 2 N–H and O–H groups in total. The van der Waals surface area contributed by atoms with Gasteiger partial charge in [0.15, 0.2) is 0 Å². The Bertz CT molecular complexity index is 1790. The largest absolute Gasteiger partial charge is 0.492 e. The van der Waals surface area contributed by atoms with Crippen LogP contribution >= 0.6 is 0 Å². The van der Waals surface area contributed by atoms with Crippen LogP contribution in [0.5, 0.6) is 5.75 Å². The van der Waals surface area contributed by atoms with Crippen molar-refractivity contribution in [3.63, 3.8) is 0 Å². The molecule has 0 aliphatic heterocycles. The number of carbonyl (C=O) groups excluding carboxylic acids is 1. The number of para-hydroxylation sites is 2. The number of nitrogens with one attached hydrogen (secondary N) is 2. The van der Waals surface area contributed by atoms with E-state index in [-0.39, 0.29) is 15.5 Å². The highest BCUT2D eigenvalue weighted by Gasteiger charge is 2.29. The van der Waals surface area contributed by atoms with E-state index < -0.39 is 32.5 Å². The molecule has 9 nitrogen and oxygen atoms in total. The fraction of sp³-hybridized carbons (Fsp3) is 0.194. The van der Waals surface area contributed by atoms with Crippen LogP contribution in [0.3, 0.4) is 0 Å². The fourth-order valence-corrected chi connectivity index (χ4v) is 6.82. The normalized spacial score (nSPS) is 11.5. The molecular weight excluding hydrogens is 574 g/mol. The molecule has 4 rings (SSSR count). The molecule has 0 unspecified atom stereocenters. The van der Waals surface area contributed by atoms with E-state index in [1.807, 2.05) is 32.9 Å². The van der Waals surface area contributed by atoms with Crippen molar-refractivity contribution >= 4 is 43.0 Å². The topological polar surface area (TPSA) is 122 Å². The van der Waals surface area contributed by atoms with Crippen LogP contribution in [0.4, 0.5) is 17.1 Å². The van der Waals surface area contributed by atoms with Crippen molar-refractivity contribution < 1.29 is 26.4 Å². The molecule has 0 heterocycles. The molecule has 42 heavy (non-hydrogen) atoms. The Morgan fingerprint density at radius 1 is 0.786 bits per heavy atom. The minimum absolute atomic E-state index is 0.00897. The zero-order valence-corrected chi connectivity index (χ0v) is 25.4. The quantitative estimate of drug-likeness (QED) is 0.227. The summed E-state index contributed by atoms with van der Waals surface area (Å²) < 4.78 is 62.6. The number of carbonyl (C=O) groups is 1. The van der Waals surface area contributed by atoms with Crippen molar-refractivity contribution in [3.8, 4) is 5.75 Å². The van der Waals surface area contributed by atoms with E-state index in [0.717, 1.165) is 21.0 Å². The van der Waals surface area contributed by atoms with Gasteiger partial charge in [-0.2, -0.15) is 0 Å². The van der Waals surface area contributed by atoms with Crippen molar-refractivity contribution in [1.82, 2.24) is 0 Å². The number of hydrogen-bond donors (Lipinski definition) is 2. The molecule has 0 saturated heterocycles. The van der Waals surface area contributed by atoms with Gasteiger partial charge in [0.2, 0.25) is 5.91 Å². The zero-order chi connectivity index (χ0) is 30.5. The summed E-state index contributed by atoms with van der Waals surface area (Å²) in [4.78, 5) is 13.2. The van der Waals surface area contributed by atoms with Gasteiger partial charge in [-0.15, -0.1) is 0 Å². The summed E-state index contributed by atoms with van der Waals surface area (Å²) >= 11 is 0. The lowest BCUT2D eigenvalue weighted by Gasteiger charge is -2.26. The highest BCUT2D eigenvalue weighted by Crippen LogP contribution is 2.32. The number of hydrogen-bond acceptors (Lipinski definition) is 6. The average Bonchev–Trinajstić information content (AvgIpc) is 2.94. The molecule has 0 atom stereocenters. The maximum atomic E-state index is 13.8. The van der Waals surface area contributed by atoms with Gasteiger partial charge in [0, 0.05) is 5.69 Å². The van der Waals surface area contributed by atoms with E-state index in [9.17, 15) is 21.6 Å². The van der Waals surface area contributed by atoms with Crippen molar-refractivity contribution in [2.24, 2.45) is 0 Å². The summed E-state index contributed by atoms with van der Waals surface area (Å²) in [6, 6.07) is 24.0. The molecular formula is C31H33N3O6S2. The number of anilines is 3. The predicted octanol–water partition coefficient (Wildman–Crippen LogP) is 5.65. The second-order valence-electron chi connectivity index (χ2n) is 9.72. The molecule has 1 amide bonds. The highest BCUT2D eigenvalue weighted by molar-refractivity contribution is 7.93. The lowest BCUT2D eigenvalue weighted by atomic mass is 10.1. The number of sulfonamides is 2.